The summed E-state index contributed by atoms with van der Waals surface area (Å²) >= 11 is 0. The molecule has 0 radical (unpaired) electrons. The highest BCUT2D eigenvalue weighted by atomic mass is 19.1. The number of benzene rings is 2. The molecule has 1 aliphatic carbocycles. The molecule has 1 atom stereocenters. The van der Waals surface area contributed by atoms with Crippen LogP contribution in [0.1, 0.15) is 48.0 Å². The summed E-state index contributed by atoms with van der Waals surface area (Å²) in [6.45, 7) is 0.165. The van der Waals surface area contributed by atoms with Crippen LogP contribution in [0.15, 0.2) is 54.7 Å². The van der Waals surface area contributed by atoms with E-state index in [0.717, 1.165) is 29.3 Å². The van der Waals surface area contributed by atoms with Crippen LogP contribution < -0.4 is 10.6 Å². The van der Waals surface area contributed by atoms with Gasteiger partial charge in [0.05, 0.1) is 0 Å². The highest BCUT2D eigenvalue weighted by molar-refractivity contribution is 5.97. The van der Waals surface area contributed by atoms with Crippen molar-refractivity contribution < 1.29 is 23.5 Å². The molecule has 1 aliphatic rings. The van der Waals surface area contributed by atoms with Gasteiger partial charge in [-0.2, -0.15) is 0 Å². The normalized spacial score (nSPS) is 14.9. The minimum Gasteiger partial charge on any atom is -0.454 e. The molecule has 3 N–H and O–H groups in total. The fraction of sp³-hybridized carbons (Fsp3) is 0.370. The summed E-state index contributed by atoms with van der Waals surface area (Å²) in [6.07, 6.45) is 7.75. The highest BCUT2D eigenvalue weighted by Crippen LogP contribution is 2.23. The van der Waals surface area contributed by atoms with E-state index < -0.39 is 30.3 Å². The second-order valence-corrected chi connectivity index (χ2v) is 9.01. The molecule has 0 aliphatic heterocycles. The molecule has 2 aromatic carbocycles. The molecule has 35 heavy (non-hydrogen) atoms. The van der Waals surface area contributed by atoms with E-state index in [4.69, 9.17) is 4.74 Å². The van der Waals surface area contributed by atoms with Gasteiger partial charge in [-0.3, -0.25) is 9.59 Å². The smallest absolute Gasteiger partial charge is 0.329 e. The minimum atomic E-state index is -1.03. The second kappa shape index (κ2) is 11.6. The predicted molar refractivity (Wildman–Crippen MR) is 130 cm³/mol. The van der Waals surface area contributed by atoms with E-state index >= 15 is 0 Å². The van der Waals surface area contributed by atoms with Gasteiger partial charge in [0.25, 0.3) is 11.8 Å². The molecule has 8 heteroatoms. The molecular weight excluding hydrogens is 449 g/mol. The number of carbonyl (C=O) groups is 3. The Labute approximate surface area is 203 Å². The first-order valence-corrected chi connectivity index (χ1v) is 12.0. The third-order valence-electron chi connectivity index (χ3n) is 6.45. The zero-order valence-corrected chi connectivity index (χ0v) is 19.5. The Bertz CT molecular complexity index is 1170. The van der Waals surface area contributed by atoms with E-state index in [1.54, 1.807) is 6.20 Å². The summed E-state index contributed by atoms with van der Waals surface area (Å²) in [7, 11) is 0. The van der Waals surface area contributed by atoms with Crippen molar-refractivity contribution in [2.45, 2.75) is 44.6 Å². The van der Waals surface area contributed by atoms with Crippen LogP contribution in [0.25, 0.3) is 10.9 Å². The zero-order chi connectivity index (χ0) is 24.6. The van der Waals surface area contributed by atoms with Gasteiger partial charge in [0, 0.05) is 35.6 Å². The number of halogens is 1. The maximum absolute atomic E-state index is 13.3. The molecule has 7 nitrogen and oxygen atoms in total. The zero-order valence-electron chi connectivity index (χ0n) is 19.5. The lowest BCUT2D eigenvalue weighted by Crippen LogP contribution is -2.44. The Morgan fingerprint density at radius 1 is 1.03 bits per heavy atom. The lowest BCUT2D eigenvalue weighted by Gasteiger charge is -2.22. The Morgan fingerprint density at radius 3 is 2.54 bits per heavy atom. The predicted octanol–water partition coefficient (Wildman–Crippen LogP) is 3.89. The third kappa shape index (κ3) is 6.68. The van der Waals surface area contributed by atoms with Gasteiger partial charge in [0.15, 0.2) is 6.61 Å². The van der Waals surface area contributed by atoms with E-state index in [-0.39, 0.29) is 17.9 Å². The number of rotatable bonds is 9. The van der Waals surface area contributed by atoms with E-state index in [2.05, 4.69) is 15.6 Å². The monoisotopic (exact) mass is 479 g/mol. The van der Waals surface area contributed by atoms with Crippen LogP contribution >= 0.6 is 0 Å². The molecule has 1 heterocycles. The Morgan fingerprint density at radius 2 is 1.77 bits per heavy atom. The van der Waals surface area contributed by atoms with Crippen LogP contribution in [0.5, 0.6) is 0 Å². The molecule has 4 rings (SSSR count). The molecule has 3 aromatic rings. The van der Waals surface area contributed by atoms with Gasteiger partial charge >= 0.3 is 5.97 Å². The van der Waals surface area contributed by atoms with Crippen molar-refractivity contribution in [2.75, 3.05) is 13.2 Å². The molecule has 0 bridgehead atoms. The number of fused-ring (bicyclic) bond motifs is 1. The molecule has 1 saturated carbocycles. The Kier molecular flexibility index (Phi) is 8.13. The van der Waals surface area contributed by atoms with Crippen LogP contribution in [0.3, 0.4) is 0 Å². The number of aromatic amines is 1. The lowest BCUT2D eigenvalue weighted by molar-refractivity contribution is -0.150. The number of carbonyl (C=O) groups excluding carboxylic acids is 3. The van der Waals surface area contributed by atoms with Crippen molar-refractivity contribution in [2.24, 2.45) is 5.92 Å². The van der Waals surface area contributed by atoms with Crippen LogP contribution in [-0.2, 0) is 20.7 Å². The maximum Gasteiger partial charge on any atom is 0.329 e. The standard InChI is InChI=1S/C27H30FN3O4/c28-21-12-10-19(11-13-21)26(33)31-24(14-20-16-29-23-9-5-4-8-22(20)23)27(34)35-17-25(32)30-15-18-6-2-1-3-7-18/h4-5,8-13,16,18,24,29H,1-3,6-7,14-15,17H2,(H,30,32)(H,31,33). The molecule has 0 saturated heterocycles. The van der Waals surface area contributed by atoms with Crippen LogP contribution in [-0.4, -0.2) is 42.0 Å². The minimum absolute atomic E-state index is 0.166. The molecule has 1 aromatic heterocycles. The number of esters is 1. The van der Waals surface area contributed by atoms with Gasteiger partial charge in [0.1, 0.15) is 11.9 Å². The van der Waals surface area contributed by atoms with E-state index in [1.165, 1.54) is 43.5 Å². The molecule has 2 amide bonds. The summed E-state index contributed by atoms with van der Waals surface area (Å²) in [4.78, 5) is 41.1. The molecule has 0 spiro atoms. The van der Waals surface area contributed by atoms with E-state index in [1.807, 2.05) is 24.3 Å². The van der Waals surface area contributed by atoms with Crippen LogP contribution in [0, 0.1) is 11.7 Å². The first-order valence-electron chi connectivity index (χ1n) is 12.0. The summed E-state index contributed by atoms with van der Waals surface area (Å²) in [6, 6.07) is 11.6. The van der Waals surface area contributed by atoms with Gasteiger partial charge in [-0.25, -0.2) is 9.18 Å². The van der Waals surface area contributed by atoms with Gasteiger partial charge in [-0.1, -0.05) is 37.5 Å². The van der Waals surface area contributed by atoms with Crippen molar-refractivity contribution in [1.29, 1.82) is 0 Å². The quantitative estimate of drug-likeness (QED) is 0.406. The largest absolute Gasteiger partial charge is 0.454 e. The van der Waals surface area contributed by atoms with E-state index in [0.29, 0.717) is 12.5 Å². The SMILES string of the molecule is O=C(COC(=O)C(Cc1c[nH]c2ccccc12)NC(=O)c1ccc(F)cc1)NCC1CCCCC1. The number of nitrogens with one attached hydrogen (secondary N) is 3. The maximum atomic E-state index is 13.3. The van der Waals surface area contributed by atoms with Crippen molar-refractivity contribution >= 4 is 28.7 Å². The summed E-state index contributed by atoms with van der Waals surface area (Å²) in [5.41, 5.74) is 1.94. The average Bonchev–Trinajstić information content (AvgIpc) is 3.29. The van der Waals surface area contributed by atoms with Crippen LogP contribution in [0.4, 0.5) is 4.39 Å². The fourth-order valence-electron chi connectivity index (χ4n) is 4.49. The topological polar surface area (TPSA) is 100 Å². The summed E-state index contributed by atoms with van der Waals surface area (Å²) < 4.78 is 18.5. The first-order chi connectivity index (χ1) is 17.0. The number of amides is 2. The van der Waals surface area contributed by atoms with Crippen molar-refractivity contribution in [3.8, 4) is 0 Å². The molecular formula is C27H30FN3O4. The van der Waals surface area contributed by atoms with Crippen molar-refractivity contribution in [1.82, 2.24) is 15.6 Å². The lowest BCUT2D eigenvalue weighted by atomic mass is 9.89. The number of aromatic nitrogens is 1. The number of para-hydroxylation sites is 1. The fourth-order valence-corrected chi connectivity index (χ4v) is 4.49. The van der Waals surface area contributed by atoms with Crippen molar-refractivity contribution in [3.05, 3.63) is 71.7 Å². The number of ether oxygens (including phenoxy) is 1. The second-order valence-electron chi connectivity index (χ2n) is 9.01. The molecule has 1 fully saturated rings. The average molecular weight is 480 g/mol. The Hall–Kier alpha value is -3.68. The van der Waals surface area contributed by atoms with E-state index in [9.17, 15) is 18.8 Å². The van der Waals surface area contributed by atoms with Gasteiger partial charge in [-0.05, 0) is 54.7 Å². The number of hydrogen-bond donors (Lipinski definition) is 3. The molecule has 1 unspecified atom stereocenters. The van der Waals surface area contributed by atoms with Crippen molar-refractivity contribution in [3.63, 3.8) is 0 Å². The van der Waals surface area contributed by atoms with Gasteiger partial charge in [0.2, 0.25) is 0 Å². The number of H-pyrrole nitrogens is 1. The summed E-state index contributed by atoms with van der Waals surface area (Å²) in [5.74, 6) is -1.60. The first kappa shape index (κ1) is 24.4. The Balaban J connectivity index is 1.40. The number of hydrogen-bond acceptors (Lipinski definition) is 4. The summed E-state index contributed by atoms with van der Waals surface area (Å²) in [5, 5.41) is 6.45. The third-order valence-corrected chi connectivity index (χ3v) is 6.45. The molecule has 184 valence electrons. The van der Waals surface area contributed by atoms with Gasteiger partial charge in [-0.15, -0.1) is 0 Å². The highest BCUT2D eigenvalue weighted by Gasteiger charge is 2.25. The van der Waals surface area contributed by atoms with Crippen LogP contribution in [0.2, 0.25) is 0 Å². The van der Waals surface area contributed by atoms with Gasteiger partial charge < -0.3 is 20.4 Å².